The minimum Gasteiger partial charge on any atom is -0.486 e. The number of nitrogens with one attached hydrogen (secondary N) is 3. The molecular weight excluding hydrogens is 875 g/mol. The molecule has 2 amide bonds. The van der Waals surface area contributed by atoms with E-state index in [-0.39, 0.29) is 65.5 Å². The zero-order valence-corrected chi connectivity index (χ0v) is 39.4. The van der Waals surface area contributed by atoms with Gasteiger partial charge < -0.3 is 45.2 Å². The molecule has 17 nitrogen and oxygen atoms in total. The topological polar surface area (TPSA) is 212 Å². The molecule has 1 aliphatic carbocycles. The summed E-state index contributed by atoms with van der Waals surface area (Å²) < 4.78 is 68.6. The molecule has 0 saturated heterocycles. The van der Waals surface area contributed by atoms with Crippen LogP contribution in [0.4, 0.5) is 26.1 Å². The molecule has 362 valence electrons. The molecule has 1 aromatic heterocycles. The summed E-state index contributed by atoms with van der Waals surface area (Å²) >= 11 is 0. The van der Waals surface area contributed by atoms with Crippen LogP contribution in [0.15, 0.2) is 60.6 Å². The summed E-state index contributed by atoms with van der Waals surface area (Å²) in [5, 5.41) is 7.65. The van der Waals surface area contributed by atoms with Crippen LogP contribution in [0, 0.1) is 18.6 Å². The first-order chi connectivity index (χ1) is 31.8. The van der Waals surface area contributed by atoms with Gasteiger partial charge in [-0.25, -0.2) is 33.5 Å². The van der Waals surface area contributed by atoms with Gasteiger partial charge in [0.15, 0.2) is 17.4 Å². The molecule has 3 aromatic rings. The molecule has 0 radical (unpaired) electrons. The molecule has 0 bridgehead atoms. The number of rotatable bonds is 27. The third kappa shape index (κ3) is 14.9. The highest BCUT2D eigenvalue weighted by Crippen LogP contribution is 2.39. The number of halogens is 2. The van der Waals surface area contributed by atoms with E-state index >= 15 is 8.78 Å². The van der Waals surface area contributed by atoms with Crippen molar-refractivity contribution in [1.29, 1.82) is 0 Å². The van der Waals surface area contributed by atoms with Gasteiger partial charge in [-0.3, -0.25) is 14.5 Å². The van der Waals surface area contributed by atoms with Crippen LogP contribution in [0.1, 0.15) is 69.3 Å². The normalized spacial score (nSPS) is 16.9. The van der Waals surface area contributed by atoms with Crippen molar-refractivity contribution in [2.75, 3.05) is 88.0 Å². The van der Waals surface area contributed by atoms with Crippen molar-refractivity contribution >= 4 is 40.6 Å². The summed E-state index contributed by atoms with van der Waals surface area (Å²) in [6, 6.07) is 8.18. The number of carbonyl (C=O) groups is 2. The second-order valence-corrected chi connectivity index (χ2v) is 17.9. The molecule has 2 aliphatic rings. The summed E-state index contributed by atoms with van der Waals surface area (Å²) in [5.74, 6) is 4.82. The Kier molecular flexibility index (Phi) is 20.5. The van der Waals surface area contributed by atoms with Crippen LogP contribution in [0.2, 0.25) is 0 Å². The quantitative estimate of drug-likeness (QED) is 0.0224. The lowest BCUT2D eigenvalue weighted by atomic mass is 10.0. The van der Waals surface area contributed by atoms with Crippen molar-refractivity contribution in [3.63, 3.8) is 0 Å². The maximum Gasteiger partial charge on any atom is 0.262 e. The number of imide groups is 1. The van der Waals surface area contributed by atoms with Crippen molar-refractivity contribution in [2.45, 2.75) is 83.7 Å². The molecule has 5 rings (SSSR count). The summed E-state index contributed by atoms with van der Waals surface area (Å²) in [7, 11) is -1.35. The first-order valence-electron chi connectivity index (χ1n) is 22.5. The van der Waals surface area contributed by atoms with Crippen LogP contribution in [0.5, 0.6) is 5.75 Å². The minimum atomic E-state index is -1.35. The number of hydrazine groups is 1. The van der Waals surface area contributed by atoms with E-state index in [1.54, 1.807) is 12.3 Å². The molecule has 66 heavy (non-hydrogen) atoms. The number of aryl methyl sites for hydroxylation is 1. The van der Waals surface area contributed by atoms with Crippen LogP contribution in [-0.2, 0) is 30.0 Å². The Morgan fingerprint density at radius 2 is 1.83 bits per heavy atom. The number of aromatic nitrogens is 2. The van der Waals surface area contributed by atoms with E-state index in [1.807, 2.05) is 69.9 Å². The Hall–Kier alpha value is -5.25. The van der Waals surface area contributed by atoms with Crippen LogP contribution < -0.4 is 36.6 Å². The smallest absolute Gasteiger partial charge is 0.262 e. The number of amides is 2. The lowest BCUT2D eigenvalue weighted by Crippen LogP contribution is -2.38. The van der Waals surface area contributed by atoms with Crippen LogP contribution in [0.3, 0.4) is 0 Å². The third-order valence-corrected chi connectivity index (χ3v) is 12.4. The second kappa shape index (κ2) is 26.2. The summed E-state index contributed by atoms with van der Waals surface area (Å²) in [4.78, 5) is 36.8. The van der Waals surface area contributed by atoms with E-state index < -0.39 is 22.6 Å². The predicted octanol–water partition coefficient (Wildman–Crippen LogP) is 5.01. The molecule has 1 aliphatic heterocycles. The highest BCUT2D eigenvalue weighted by atomic mass is 32.2. The van der Waals surface area contributed by atoms with Gasteiger partial charge in [0, 0.05) is 48.7 Å². The Morgan fingerprint density at radius 1 is 1.06 bits per heavy atom. The van der Waals surface area contributed by atoms with Crippen molar-refractivity contribution in [3.8, 4) is 17.0 Å². The van der Waals surface area contributed by atoms with Gasteiger partial charge >= 0.3 is 0 Å². The number of hydrogen-bond acceptors (Lipinski definition) is 15. The van der Waals surface area contributed by atoms with Gasteiger partial charge in [-0.15, -0.1) is 0 Å². The Labute approximate surface area is 389 Å². The molecule has 0 saturated carbocycles. The number of benzene rings is 2. The van der Waals surface area contributed by atoms with Crippen LogP contribution in [-0.4, -0.2) is 132 Å². The maximum absolute atomic E-state index is 15.1. The van der Waals surface area contributed by atoms with Gasteiger partial charge in [0.25, 0.3) is 5.91 Å². The van der Waals surface area contributed by atoms with Gasteiger partial charge in [0.1, 0.15) is 12.3 Å². The number of carbonyl (C=O) groups excluding carboxylic acids is 2. The lowest BCUT2D eigenvalue weighted by molar-refractivity contribution is -0.117. The average molecular weight is 941 g/mol. The Balaban J connectivity index is 0.927. The SMILES string of the molecule is CCCC(C)N(C=O)C(=O)c1c(C)cccc1NCCOCCOCCN(N)/C=C(\N)COCCNS(=O)C1C=CC(Nc2ncc(F)c(-c3cc(F)c4c(c3)N(C(C)C)CCO4)n2)CC1. The highest BCUT2D eigenvalue weighted by molar-refractivity contribution is 7.83. The molecule has 2 heterocycles. The molecule has 4 unspecified atom stereocenters. The predicted molar refractivity (Wildman–Crippen MR) is 253 cm³/mol. The zero-order chi connectivity index (χ0) is 47.6. The van der Waals surface area contributed by atoms with E-state index in [0.717, 1.165) is 24.6 Å². The number of nitrogens with two attached hydrogens (primary N) is 2. The molecule has 7 N–H and O–H groups in total. The Morgan fingerprint density at radius 3 is 2.56 bits per heavy atom. The summed E-state index contributed by atoms with van der Waals surface area (Å²) in [6.07, 6.45) is 9.85. The third-order valence-electron chi connectivity index (χ3n) is 11.0. The Bertz CT molecular complexity index is 2150. The number of hydrogen-bond donors (Lipinski definition) is 5. The zero-order valence-electron chi connectivity index (χ0n) is 38.6. The van der Waals surface area contributed by atoms with E-state index in [9.17, 15) is 13.8 Å². The molecule has 2 aromatic carbocycles. The minimum absolute atomic E-state index is 0.0231. The van der Waals surface area contributed by atoms with Gasteiger partial charge in [-0.2, -0.15) is 0 Å². The summed E-state index contributed by atoms with van der Waals surface area (Å²) in [5.41, 5.74) is 9.22. The van der Waals surface area contributed by atoms with E-state index in [4.69, 9.17) is 30.5 Å². The van der Waals surface area contributed by atoms with E-state index in [1.165, 1.54) is 16.0 Å². The second-order valence-electron chi connectivity index (χ2n) is 16.4. The highest BCUT2D eigenvalue weighted by Gasteiger charge is 2.27. The fraction of sp³-hybridized carbons (Fsp3) is 0.522. The maximum atomic E-state index is 15.1. The van der Waals surface area contributed by atoms with Crippen molar-refractivity contribution < 1.29 is 41.5 Å². The van der Waals surface area contributed by atoms with Crippen molar-refractivity contribution in [1.82, 2.24) is 24.6 Å². The number of fused-ring (bicyclic) bond motifs is 1. The van der Waals surface area contributed by atoms with Gasteiger partial charge in [0.05, 0.1) is 92.1 Å². The van der Waals surface area contributed by atoms with Crippen molar-refractivity contribution in [2.24, 2.45) is 11.6 Å². The molecule has 0 fully saturated rings. The molecule has 0 spiro atoms. The van der Waals surface area contributed by atoms with E-state index in [2.05, 4.69) is 25.3 Å². The molecule has 20 heteroatoms. The lowest BCUT2D eigenvalue weighted by Gasteiger charge is -2.34. The first kappa shape index (κ1) is 51.7. The van der Waals surface area contributed by atoms with Gasteiger partial charge in [0.2, 0.25) is 12.4 Å². The molecule has 4 atom stereocenters. The summed E-state index contributed by atoms with van der Waals surface area (Å²) in [6.45, 7) is 13.7. The monoisotopic (exact) mass is 940 g/mol. The number of nitrogens with zero attached hydrogens (tertiary/aromatic N) is 5. The van der Waals surface area contributed by atoms with Crippen LogP contribution >= 0.6 is 0 Å². The standard InChI is InChI=1S/C46H66F2N10O7S/c1-6-8-33(5)58(30-59)45(60)42-32(4)9-7-10-40(42)51-15-19-62-23-24-63-21-17-56(50)28-35(49)29-64-20-16-53-66(61)37-13-11-36(12-14-37)54-46-52-27-39(48)43(55-46)34-25-38(47)44-41(26-34)57(31(2)3)18-22-65-44/h7,9-11,13,25-28,30-31,33,36-37,51,53H,6,8,12,14-24,29,49-50H2,1-5H3,(H,52,54,55)/b35-28-. The molecular formula is C46H66F2N10O7S. The van der Waals surface area contributed by atoms with Gasteiger partial charge in [-0.05, 0) is 70.7 Å². The first-order valence-corrected chi connectivity index (χ1v) is 23.7. The fourth-order valence-electron chi connectivity index (χ4n) is 7.59. The average Bonchev–Trinajstić information content (AvgIpc) is 3.29. The van der Waals surface area contributed by atoms with Gasteiger partial charge in [-0.1, -0.05) is 37.6 Å². The number of ether oxygens (including phenoxy) is 4. The van der Waals surface area contributed by atoms with Crippen molar-refractivity contribution in [3.05, 3.63) is 83.3 Å². The van der Waals surface area contributed by atoms with E-state index in [0.29, 0.717) is 101 Å². The largest absolute Gasteiger partial charge is 0.486 e. The fourth-order valence-corrected chi connectivity index (χ4v) is 8.67. The number of anilines is 3. The van der Waals surface area contributed by atoms with Crippen LogP contribution in [0.25, 0.3) is 11.3 Å².